The number of hydrogen-bond acceptors (Lipinski definition) is 7. The fourth-order valence-electron chi connectivity index (χ4n) is 2.46. The van der Waals surface area contributed by atoms with Crippen molar-refractivity contribution in [2.75, 3.05) is 12.3 Å². The zero-order valence-electron chi connectivity index (χ0n) is 15.5. The van der Waals surface area contributed by atoms with Gasteiger partial charge in [-0.25, -0.2) is 4.79 Å². The minimum atomic E-state index is -1.31. The Morgan fingerprint density at radius 1 is 1.23 bits per heavy atom. The van der Waals surface area contributed by atoms with Gasteiger partial charge < -0.3 is 25.8 Å². The van der Waals surface area contributed by atoms with Crippen molar-refractivity contribution < 1.29 is 20.1 Å². The summed E-state index contributed by atoms with van der Waals surface area (Å²) in [5, 5.41) is 28.2. The summed E-state index contributed by atoms with van der Waals surface area (Å²) in [5.41, 5.74) is 4.63. The molecule has 2 radical (unpaired) electrons. The smallest absolute Gasteiger partial charge is 0.351 e. The van der Waals surface area contributed by atoms with E-state index >= 15 is 0 Å². The van der Waals surface area contributed by atoms with E-state index in [9.17, 15) is 15.0 Å². The molecule has 1 aromatic heterocycles. The van der Waals surface area contributed by atoms with Gasteiger partial charge in [0, 0.05) is 6.20 Å². The van der Waals surface area contributed by atoms with Crippen LogP contribution in [0, 0.1) is 0 Å². The summed E-state index contributed by atoms with van der Waals surface area (Å²) in [7, 11) is 0. The number of nitrogens with two attached hydrogens (primary N) is 1. The van der Waals surface area contributed by atoms with Gasteiger partial charge in [0.2, 0.25) is 0 Å². The molecule has 0 amide bonds. The Kier molecular flexibility index (Phi) is 11.4. The molecule has 0 saturated carbocycles. The van der Waals surface area contributed by atoms with E-state index in [0.29, 0.717) is 0 Å². The topological polar surface area (TPSA) is 131 Å². The molecule has 5 N–H and O–H groups in total. The zero-order chi connectivity index (χ0) is 19.5. The number of rotatable bonds is 8. The predicted molar refractivity (Wildman–Crippen MR) is 101 cm³/mol. The molecule has 0 spiro atoms. The minimum absolute atomic E-state index is 0.0537. The Morgan fingerprint density at radius 2 is 1.85 bits per heavy atom. The number of hydrogen-bond donors (Lipinski definition) is 4. The van der Waals surface area contributed by atoms with Gasteiger partial charge in [0.05, 0.1) is 6.61 Å². The molecule has 0 aromatic carbocycles. The van der Waals surface area contributed by atoms with Gasteiger partial charge in [-0.05, 0) is 6.07 Å². The van der Waals surface area contributed by atoms with Crippen molar-refractivity contribution in [1.29, 1.82) is 0 Å². The van der Waals surface area contributed by atoms with E-state index in [-0.39, 0.29) is 27.0 Å². The van der Waals surface area contributed by atoms with Crippen LogP contribution in [-0.4, -0.2) is 70.9 Å². The maximum atomic E-state index is 11.5. The van der Waals surface area contributed by atoms with Crippen LogP contribution in [0.3, 0.4) is 0 Å². The molecule has 1 fully saturated rings. The van der Waals surface area contributed by atoms with Crippen LogP contribution in [0.25, 0.3) is 0 Å². The Labute approximate surface area is 164 Å². The molecule has 0 aliphatic carbocycles. The first-order valence-corrected chi connectivity index (χ1v) is 13.2. The number of nitrogens with zero attached hydrogens (tertiary/aromatic N) is 2. The van der Waals surface area contributed by atoms with Crippen molar-refractivity contribution in [1.82, 2.24) is 9.55 Å². The molecular weight excluding hydrogens is 445 g/mol. The van der Waals surface area contributed by atoms with Gasteiger partial charge in [-0.15, -0.1) is 0 Å². The first-order chi connectivity index (χ1) is 12.5. The van der Waals surface area contributed by atoms with Crippen molar-refractivity contribution in [3.8, 4) is 0 Å². The van der Waals surface area contributed by atoms with Crippen molar-refractivity contribution in [2.24, 2.45) is 0 Å². The number of aromatic nitrogens is 2. The van der Waals surface area contributed by atoms with Gasteiger partial charge in [0.1, 0.15) is 24.1 Å². The standard InChI is InChI=1S/C9H13N3O5.2C4H9.Sn/c10-5-1-2-12(9(16)11-5)8-7(15)6(14)4(3-13)17-8;2*1-3-4-2;/h1-2,4,6-8,13-15H,3H2,(H2,10,11,16);2*1,3-4H2,2H3;. The average molecular weight is 476 g/mol. The Morgan fingerprint density at radius 3 is 2.31 bits per heavy atom. The fraction of sp³-hybridized carbons (Fsp3) is 0.765. The van der Waals surface area contributed by atoms with E-state index in [1.807, 2.05) is 0 Å². The van der Waals surface area contributed by atoms with Crippen LogP contribution in [0.2, 0.25) is 8.87 Å². The van der Waals surface area contributed by atoms with E-state index in [1.54, 1.807) is 8.87 Å². The van der Waals surface area contributed by atoms with Gasteiger partial charge in [-0.1, -0.05) is 0 Å². The summed E-state index contributed by atoms with van der Waals surface area (Å²) in [6, 6.07) is 1.37. The summed E-state index contributed by atoms with van der Waals surface area (Å²) in [6.45, 7) is 4.13. The van der Waals surface area contributed by atoms with E-state index < -0.39 is 36.8 Å². The Hall–Kier alpha value is -0.681. The van der Waals surface area contributed by atoms with Crippen LogP contribution in [0.15, 0.2) is 17.1 Å². The second kappa shape index (κ2) is 12.7. The van der Waals surface area contributed by atoms with Crippen molar-refractivity contribution in [3.05, 3.63) is 22.7 Å². The normalized spacial score (nSPS) is 25.0. The molecule has 9 heteroatoms. The number of unbranched alkanes of at least 4 members (excludes halogenated alkanes) is 2. The third kappa shape index (κ3) is 7.15. The van der Waals surface area contributed by atoms with Gasteiger partial charge in [-0.2, -0.15) is 4.98 Å². The minimum Gasteiger partial charge on any atom is -0.394 e. The van der Waals surface area contributed by atoms with Gasteiger partial charge in [-0.3, -0.25) is 4.57 Å². The van der Waals surface area contributed by atoms with Gasteiger partial charge in [0.15, 0.2) is 6.23 Å². The average Bonchev–Trinajstić information content (AvgIpc) is 2.90. The molecule has 1 aliphatic rings. The van der Waals surface area contributed by atoms with E-state index in [4.69, 9.17) is 15.6 Å². The molecule has 1 aromatic rings. The first kappa shape index (κ1) is 23.4. The van der Waals surface area contributed by atoms with E-state index in [1.165, 1.54) is 37.9 Å². The monoisotopic (exact) mass is 477 g/mol. The molecular formula is C17H31N3O5Sn. The van der Waals surface area contributed by atoms with Gasteiger partial charge >= 0.3 is 75.2 Å². The third-order valence-electron chi connectivity index (χ3n) is 4.06. The number of ether oxygens (including phenoxy) is 1. The van der Waals surface area contributed by atoms with Crippen LogP contribution in [0.4, 0.5) is 5.82 Å². The van der Waals surface area contributed by atoms with Crippen molar-refractivity contribution in [3.63, 3.8) is 0 Å². The molecule has 1 saturated heterocycles. The summed E-state index contributed by atoms with van der Waals surface area (Å²) in [5.74, 6) is 0.0537. The summed E-state index contributed by atoms with van der Waals surface area (Å²) >= 11 is 0.149. The molecule has 0 bridgehead atoms. The van der Waals surface area contributed by atoms with E-state index in [0.717, 1.165) is 4.57 Å². The van der Waals surface area contributed by atoms with Crippen molar-refractivity contribution in [2.45, 2.75) is 72.9 Å². The molecule has 4 unspecified atom stereocenters. The maximum Gasteiger partial charge on any atom is 0.351 e. The Balaban J connectivity index is 0.000000321. The van der Waals surface area contributed by atoms with Crippen LogP contribution in [-0.2, 0) is 4.74 Å². The number of nitrogen functional groups attached to an aromatic ring is 1. The number of anilines is 1. The van der Waals surface area contributed by atoms with Gasteiger partial charge in [0.25, 0.3) is 0 Å². The second-order valence-corrected chi connectivity index (χ2v) is 10.5. The molecule has 8 nitrogen and oxygen atoms in total. The summed E-state index contributed by atoms with van der Waals surface area (Å²) in [6.07, 6.45) is 2.57. The molecule has 1 aliphatic heterocycles. The Bertz CT molecular complexity index is 566. The fourth-order valence-corrected chi connectivity index (χ4v) is 6.62. The maximum absolute atomic E-state index is 11.5. The molecule has 148 valence electrons. The van der Waals surface area contributed by atoms with Crippen LogP contribution in [0.5, 0.6) is 0 Å². The number of aliphatic hydroxyl groups excluding tert-OH is 3. The molecule has 2 heterocycles. The first-order valence-electron chi connectivity index (χ1n) is 9.14. The summed E-state index contributed by atoms with van der Waals surface area (Å²) in [4.78, 5) is 15.0. The van der Waals surface area contributed by atoms with Crippen LogP contribution < -0.4 is 11.4 Å². The molecule has 26 heavy (non-hydrogen) atoms. The van der Waals surface area contributed by atoms with Crippen LogP contribution >= 0.6 is 0 Å². The number of aliphatic hydroxyl groups is 3. The quantitative estimate of drug-likeness (QED) is 0.319. The largest absolute Gasteiger partial charge is 0.394 e. The third-order valence-corrected chi connectivity index (χ3v) is 8.09. The zero-order valence-corrected chi connectivity index (χ0v) is 18.4. The second-order valence-electron chi connectivity index (χ2n) is 6.23. The predicted octanol–water partition coefficient (Wildman–Crippen LogP) is 0.564. The molecule has 4 atom stereocenters. The van der Waals surface area contributed by atoms with E-state index in [2.05, 4.69) is 18.8 Å². The SMILES string of the molecule is CCC[CH2][Sn][CH2]CCC.Nc1ccn(C2OC(CO)C(O)C2O)c(=O)n1. The van der Waals surface area contributed by atoms with Crippen LogP contribution in [0.1, 0.15) is 45.8 Å². The van der Waals surface area contributed by atoms with Crippen molar-refractivity contribution >= 4 is 27.0 Å². The summed E-state index contributed by atoms with van der Waals surface area (Å²) < 4.78 is 9.44. The molecule has 2 rings (SSSR count).